The minimum atomic E-state index is -0.932. The van der Waals surface area contributed by atoms with Crippen molar-refractivity contribution in [1.82, 2.24) is 36.1 Å². The van der Waals surface area contributed by atoms with Crippen molar-refractivity contribution in [2.75, 3.05) is 44.2 Å². The summed E-state index contributed by atoms with van der Waals surface area (Å²) in [6.07, 6.45) is 1.38. The lowest BCUT2D eigenvalue weighted by Crippen LogP contribution is -2.57. The number of amides is 4. The predicted octanol–water partition coefficient (Wildman–Crippen LogP) is 2.80. The molecule has 0 aliphatic carbocycles. The number of hydrogen-bond donors (Lipinski definition) is 5. The lowest BCUT2D eigenvalue weighted by Gasteiger charge is -2.35. The van der Waals surface area contributed by atoms with Gasteiger partial charge in [0, 0.05) is 52.1 Å². The molecule has 2 saturated heterocycles. The summed E-state index contributed by atoms with van der Waals surface area (Å²) in [6, 6.07) is 9.37. The zero-order valence-corrected chi connectivity index (χ0v) is 30.9. The van der Waals surface area contributed by atoms with E-state index >= 15 is 0 Å². The Morgan fingerprint density at radius 3 is 2.39 bits per heavy atom. The van der Waals surface area contributed by atoms with Crippen molar-refractivity contribution in [1.29, 1.82) is 0 Å². The number of carbonyl (C=O) groups excluding carboxylic acids is 4. The zero-order chi connectivity index (χ0) is 36.7. The molecule has 0 bridgehead atoms. The van der Waals surface area contributed by atoms with Crippen LogP contribution in [-0.4, -0.2) is 101 Å². The highest BCUT2D eigenvalue weighted by Gasteiger charge is 2.44. The fraction of sp³-hybridized carbons (Fsp3) is 0.514. The third-order valence-electron chi connectivity index (χ3n) is 9.39. The second-order valence-electron chi connectivity index (χ2n) is 14.4. The van der Waals surface area contributed by atoms with Crippen LogP contribution in [0, 0.1) is 12.3 Å². The van der Waals surface area contributed by atoms with Gasteiger partial charge in [-0.2, -0.15) is 0 Å². The molecule has 2 fully saturated rings. The summed E-state index contributed by atoms with van der Waals surface area (Å²) >= 11 is 1.58. The molecule has 5 N–H and O–H groups in total. The van der Waals surface area contributed by atoms with Crippen molar-refractivity contribution >= 4 is 40.7 Å². The number of aliphatic hydroxyl groups is 1. The number of nitrogens with zero attached hydrogens (tertiary/aromatic N) is 4. The lowest BCUT2D eigenvalue weighted by molar-refractivity contribution is -0.144. The van der Waals surface area contributed by atoms with Gasteiger partial charge in [-0.05, 0) is 48.9 Å². The fourth-order valence-electron chi connectivity index (χ4n) is 6.42. The van der Waals surface area contributed by atoms with Crippen LogP contribution in [0.25, 0.3) is 10.4 Å². The minimum Gasteiger partial charge on any atom is -0.391 e. The van der Waals surface area contributed by atoms with Gasteiger partial charge in [0.15, 0.2) is 0 Å². The van der Waals surface area contributed by atoms with Crippen molar-refractivity contribution in [3.05, 3.63) is 65.1 Å². The Morgan fingerprint density at radius 2 is 1.76 bits per heavy atom. The Hall–Kier alpha value is -4.40. The van der Waals surface area contributed by atoms with E-state index in [9.17, 15) is 24.3 Å². The predicted molar refractivity (Wildman–Crippen MR) is 197 cm³/mol. The smallest absolute Gasteiger partial charge is 0.269 e. The quantitative estimate of drug-likeness (QED) is 0.177. The largest absolute Gasteiger partial charge is 0.391 e. The van der Waals surface area contributed by atoms with E-state index in [2.05, 4.69) is 36.1 Å². The Balaban J connectivity index is 1.12. The third-order valence-corrected chi connectivity index (χ3v) is 10.4. The second kappa shape index (κ2) is 16.7. The molecular formula is C37H50N8O5S. The number of likely N-dealkylation sites (tertiary alicyclic amines) is 1. The van der Waals surface area contributed by atoms with Gasteiger partial charge in [-0.1, -0.05) is 45.0 Å². The van der Waals surface area contributed by atoms with Crippen LogP contribution in [-0.2, 0) is 14.4 Å². The van der Waals surface area contributed by atoms with Gasteiger partial charge in [0.2, 0.25) is 17.7 Å². The van der Waals surface area contributed by atoms with Gasteiger partial charge in [0.25, 0.3) is 5.91 Å². The van der Waals surface area contributed by atoms with Crippen LogP contribution in [0.15, 0.2) is 48.1 Å². The van der Waals surface area contributed by atoms with Crippen molar-refractivity contribution in [2.24, 2.45) is 5.41 Å². The monoisotopic (exact) mass is 718 g/mol. The Kier molecular flexibility index (Phi) is 12.4. The number of β-amino-alcohol motifs (C(OH)–C–C–N with tert-alkyl or cyclic N) is 1. The Bertz CT molecular complexity index is 1670. The molecule has 0 unspecified atom stereocenters. The van der Waals surface area contributed by atoms with Crippen molar-refractivity contribution in [3.63, 3.8) is 0 Å². The molecule has 0 radical (unpaired) electrons. The van der Waals surface area contributed by atoms with E-state index in [0.717, 1.165) is 53.6 Å². The molecule has 0 saturated carbocycles. The van der Waals surface area contributed by atoms with E-state index in [1.807, 2.05) is 70.5 Å². The molecule has 5 rings (SSSR count). The first-order valence-corrected chi connectivity index (χ1v) is 18.5. The molecule has 14 heteroatoms. The molecule has 4 heterocycles. The molecule has 51 heavy (non-hydrogen) atoms. The van der Waals surface area contributed by atoms with E-state index in [1.54, 1.807) is 23.6 Å². The number of carbonyl (C=O) groups is 4. The number of benzene rings is 1. The lowest BCUT2D eigenvalue weighted by atomic mass is 9.85. The molecule has 3 aromatic rings. The normalized spacial score (nSPS) is 18.9. The fourth-order valence-corrected chi connectivity index (χ4v) is 7.23. The molecule has 2 aromatic heterocycles. The first-order chi connectivity index (χ1) is 24.3. The van der Waals surface area contributed by atoms with Crippen molar-refractivity contribution < 1.29 is 24.3 Å². The number of anilines is 1. The average Bonchev–Trinajstić information content (AvgIpc) is 3.73. The van der Waals surface area contributed by atoms with Crippen molar-refractivity contribution in [2.45, 2.75) is 78.1 Å². The van der Waals surface area contributed by atoms with Gasteiger partial charge in [-0.25, -0.2) is 9.97 Å². The minimum absolute atomic E-state index is 0.00701. The molecule has 1 aromatic carbocycles. The summed E-state index contributed by atoms with van der Waals surface area (Å²) in [5.41, 5.74) is 5.34. The highest BCUT2D eigenvalue weighted by Crippen LogP contribution is 2.29. The first-order valence-electron chi connectivity index (χ1n) is 17.6. The van der Waals surface area contributed by atoms with Crippen LogP contribution in [0.5, 0.6) is 0 Å². The highest BCUT2D eigenvalue weighted by molar-refractivity contribution is 7.13. The second-order valence-corrected chi connectivity index (χ2v) is 15.2. The number of aromatic nitrogens is 2. The van der Waals surface area contributed by atoms with Crippen LogP contribution >= 0.6 is 11.3 Å². The number of pyridine rings is 1. The molecular weight excluding hydrogens is 669 g/mol. The van der Waals surface area contributed by atoms with Gasteiger partial charge < -0.3 is 36.2 Å². The molecule has 4 amide bonds. The average molecular weight is 719 g/mol. The summed E-state index contributed by atoms with van der Waals surface area (Å²) in [4.78, 5) is 66.6. The number of rotatable bonds is 12. The molecule has 4 atom stereocenters. The van der Waals surface area contributed by atoms with Gasteiger partial charge >= 0.3 is 0 Å². The topological polar surface area (TPSA) is 169 Å². The number of hydrogen-bond acceptors (Lipinski definition) is 10. The SMILES string of the molecule is Cc1ncsc1-c1ccc([C@H](C)NC(=O)[C@@H]2C[C@@H](O)CN2C(=O)[C@@H](NC(=O)CCCNC(=O)c2ccc(N3CCNCC3)cn2)C(C)(C)C)cc1. The Morgan fingerprint density at radius 1 is 1.04 bits per heavy atom. The summed E-state index contributed by atoms with van der Waals surface area (Å²) in [6.45, 7) is 13.2. The summed E-state index contributed by atoms with van der Waals surface area (Å²) < 4.78 is 0. The molecule has 2 aliphatic rings. The molecule has 0 spiro atoms. The third kappa shape index (κ3) is 9.69. The first kappa shape index (κ1) is 37.8. The van der Waals surface area contributed by atoms with E-state index < -0.39 is 29.5 Å². The highest BCUT2D eigenvalue weighted by atomic mass is 32.1. The van der Waals surface area contributed by atoms with E-state index in [4.69, 9.17) is 0 Å². The number of aryl methyl sites for hydroxylation is 1. The maximum absolute atomic E-state index is 14.0. The van der Waals surface area contributed by atoms with Crippen LogP contribution in [0.2, 0.25) is 0 Å². The van der Waals surface area contributed by atoms with Gasteiger partial charge in [-0.15, -0.1) is 11.3 Å². The number of piperazine rings is 1. The van der Waals surface area contributed by atoms with Crippen LogP contribution in [0.1, 0.15) is 74.7 Å². The number of thiazole rings is 1. The van der Waals surface area contributed by atoms with E-state index in [-0.39, 0.29) is 49.7 Å². The number of aliphatic hydroxyl groups excluding tert-OH is 1. The van der Waals surface area contributed by atoms with Crippen LogP contribution < -0.4 is 26.2 Å². The molecule has 2 aliphatic heterocycles. The standard InChI is InChI=1S/C37H50N8O5S/c1-23(25-8-10-26(11-9-25)32-24(2)41-22-51-32)42-35(49)30-19-28(46)21-45(30)36(50)33(37(3,4)5)43-31(47)7-6-14-39-34(48)29-13-12-27(20-40-29)44-17-15-38-16-18-44/h8-13,20,22-23,28,30,33,38,46H,6-7,14-19,21H2,1-5H3,(H,39,48)(H,42,49)(H,43,47)/t23-,28+,30-,33+/m0/s1. The Labute approximate surface area is 303 Å². The maximum atomic E-state index is 14.0. The van der Waals surface area contributed by atoms with Gasteiger partial charge in [0.1, 0.15) is 17.8 Å². The van der Waals surface area contributed by atoms with E-state index in [0.29, 0.717) is 12.1 Å². The van der Waals surface area contributed by atoms with Gasteiger partial charge in [-0.3, -0.25) is 19.2 Å². The molecule has 13 nitrogen and oxygen atoms in total. The summed E-state index contributed by atoms with van der Waals surface area (Å²) in [5.74, 6) is -1.45. The zero-order valence-electron chi connectivity index (χ0n) is 30.1. The van der Waals surface area contributed by atoms with E-state index in [1.165, 1.54) is 4.90 Å². The summed E-state index contributed by atoms with van der Waals surface area (Å²) in [7, 11) is 0. The van der Waals surface area contributed by atoms with Crippen molar-refractivity contribution in [3.8, 4) is 10.4 Å². The summed E-state index contributed by atoms with van der Waals surface area (Å²) in [5, 5.41) is 22.6. The van der Waals surface area contributed by atoms with Gasteiger partial charge in [0.05, 0.1) is 40.1 Å². The maximum Gasteiger partial charge on any atom is 0.269 e. The molecule has 274 valence electrons. The van der Waals surface area contributed by atoms with Crippen LogP contribution in [0.4, 0.5) is 5.69 Å². The number of nitrogens with one attached hydrogen (secondary N) is 4. The van der Waals surface area contributed by atoms with Crippen LogP contribution in [0.3, 0.4) is 0 Å².